The van der Waals surface area contributed by atoms with Gasteiger partial charge >= 0.3 is 5.69 Å². The zero-order valence-corrected chi connectivity index (χ0v) is 16.7. The van der Waals surface area contributed by atoms with Crippen LogP contribution in [0.3, 0.4) is 0 Å². The zero-order chi connectivity index (χ0) is 19.5. The first kappa shape index (κ1) is 18.7. The summed E-state index contributed by atoms with van der Waals surface area (Å²) in [6.07, 6.45) is 4.06. The van der Waals surface area contributed by atoms with E-state index in [0.717, 1.165) is 36.8 Å². The van der Waals surface area contributed by atoms with Crippen molar-refractivity contribution in [1.29, 1.82) is 0 Å². The normalized spacial score (nSPS) is 14.0. The molecule has 1 aliphatic carbocycles. The first-order chi connectivity index (χ1) is 13.6. The molecule has 1 heterocycles. The monoisotopic (exact) mass is 393 g/mol. The highest BCUT2D eigenvalue weighted by atomic mass is 32.2. The second kappa shape index (κ2) is 8.19. The van der Waals surface area contributed by atoms with Gasteiger partial charge in [0.1, 0.15) is 0 Å². The SMILES string of the molecule is C[C@@H](Sc1n[nH]c(=O)n1CCc1ccccc1)C(=O)c1ccc2c(c1)CCC2. The van der Waals surface area contributed by atoms with Gasteiger partial charge in [-0.05, 0) is 55.4 Å². The summed E-state index contributed by atoms with van der Waals surface area (Å²) in [5.41, 5.74) is 4.32. The molecule has 0 unspecified atom stereocenters. The smallest absolute Gasteiger partial charge is 0.293 e. The van der Waals surface area contributed by atoms with Crippen molar-refractivity contribution in [2.75, 3.05) is 0 Å². The van der Waals surface area contributed by atoms with E-state index < -0.39 is 0 Å². The summed E-state index contributed by atoms with van der Waals surface area (Å²) in [6.45, 7) is 2.41. The molecule has 144 valence electrons. The number of thioether (sulfide) groups is 1. The van der Waals surface area contributed by atoms with Gasteiger partial charge < -0.3 is 0 Å². The van der Waals surface area contributed by atoms with Crippen molar-refractivity contribution < 1.29 is 4.79 Å². The fourth-order valence-corrected chi connectivity index (χ4v) is 4.61. The molecule has 4 rings (SSSR count). The van der Waals surface area contributed by atoms with Gasteiger partial charge in [0, 0.05) is 12.1 Å². The van der Waals surface area contributed by atoms with Crippen LogP contribution >= 0.6 is 11.8 Å². The molecule has 0 saturated carbocycles. The van der Waals surface area contributed by atoms with Crippen LogP contribution in [0.5, 0.6) is 0 Å². The van der Waals surface area contributed by atoms with E-state index in [0.29, 0.717) is 11.7 Å². The van der Waals surface area contributed by atoms with Gasteiger partial charge in [0.05, 0.1) is 5.25 Å². The number of nitrogens with zero attached hydrogens (tertiary/aromatic N) is 2. The van der Waals surface area contributed by atoms with Gasteiger partial charge in [-0.3, -0.25) is 9.36 Å². The Bertz CT molecular complexity index is 1040. The lowest BCUT2D eigenvalue weighted by atomic mass is 10.0. The number of fused-ring (bicyclic) bond motifs is 1. The maximum atomic E-state index is 12.9. The molecule has 1 N–H and O–H groups in total. The second-order valence-corrected chi connectivity index (χ2v) is 8.47. The van der Waals surface area contributed by atoms with Crippen molar-refractivity contribution in [3.8, 4) is 0 Å². The molecule has 5 nitrogen and oxygen atoms in total. The number of hydrogen-bond acceptors (Lipinski definition) is 4. The molecular formula is C22H23N3O2S. The maximum Gasteiger partial charge on any atom is 0.343 e. The number of ketones is 1. The molecule has 0 bridgehead atoms. The third kappa shape index (κ3) is 3.97. The number of H-pyrrole nitrogens is 1. The quantitative estimate of drug-likeness (QED) is 0.491. The Labute approximate surface area is 168 Å². The molecule has 0 radical (unpaired) electrons. The Morgan fingerprint density at radius 2 is 1.96 bits per heavy atom. The summed E-state index contributed by atoms with van der Waals surface area (Å²) in [7, 11) is 0. The van der Waals surface area contributed by atoms with Crippen LogP contribution in [-0.2, 0) is 25.8 Å². The van der Waals surface area contributed by atoms with E-state index in [4.69, 9.17) is 0 Å². The Balaban J connectivity index is 1.46. The molecule has 2 aromatic carbocycles. The molecule has 0 fully saturated rings. The standard InChI is InChI=1S/C22H23N3O2S/c1-15(20(26)19-11-10-17-8-5-9-18(17)14-19)28-22-24-23-21(27)25(22)13-12-16-6-3-2-4-7-16/h2-4,6-7,10-11,14-15H,5,8-9,12-13H2,1H3,(H,23,27)/t15-/m1/s1. The topological polar surface area (TPSA) is 67.8 Å². The third-order valence-corrected chi connectivity index (χ3v) is 6.31. The van der Waals surface area contributed by atoms with Crippen LogP contribution in [0.25, 0.3) is 0 Å². The maximum absolute atomic E-state index is 12.9. The summed E-state index contributed by atoms with van der Waals surface area (Å²) >= 11 is 1.33. The van der Waals surface area contributed by atoms with Gasteiger partial charge in [0.25, 0.3) is 0 Å². The number of aromatic nitrogens is 3. The minimum atomic E-state index is -0.315. The first-order valence-electron chi connectivity index (χ1n) is 9.63. The van der Waals surface area contributed by atoms with Crippen LogP contribution in [0.4, 0.5) is 0 Å². The van der Waals surface area contributed by atoms with Crippen LogP contribution in [0, 0.1) is 0 Å². The number of aromatic amines is 1. The van der Waals surface area contributed by atoms with Crippen molar-refractivity contribution in [1.82, 2.24) is 14.8 Å². The lowest BCUT2D eigenvalue weighted by molar-refractivity contribution is 0.0993. The highest BCUT2D eigenvalue weighted by Gasteiger charge is 2.22. The Hall–Kier alpha value is -2.60. The second-order valence-electron chi connectivity index (χ2n) is 7.16. The molecule has 3 aromatic rings. The van der Waals surface area contributed by atoms with E-state index in [-0.39, 0.29) is 16.7 Å². The molecular weight excluding hydrogens is 370 g/mol. The predicted molar refractivity (Wildman–Crippen MR) is 111 cm³/mol. The number of rotatable bonds is 7. The Kier molecular flexibility index (Phi) is 5.48. The van der Waals surface area contributed by atoms with E-state index >= 15 is 0 Å². The molecule has 0 aliphatic heterocycles. The highest BCUT2D eigenvalue weighted by Crippen LogP contribution is 2.27. The van der Waals surface area contributed by atoms with Crippen LogP contribution in [0.15, 0.2) is 58.5 Å². The molecule has 1 atom stereocenters. The fourth-order valence-electron chi connectivity index (χ4n) is 3.65. The number of benzene rings is 2. The summed E-state index contributed by atoms with van der Waals surface area (Å²) in [4.78, 5) is 25.1. The molecule has 0 amide bonds. The van der Waals surface area contributed by atoms with Gasteiger partial charge in [-0.1, -0.05) is 54.2 Å². The van der Waals surface area contributed by atoms with Crippen LogP contribution in [0.1, 0.15) is 40.4 Å². The van der Waals surface area contributed by atoms with E-state index in [1.165, 1.54) is 22.9 Å². The number of hydrogen-bond donors (Lipinski definition) is 1. The minimum absolute atomic E-state index is 0.0739. The predicted octanol–water partition coefficient (Wildman–Crippen LogP) is 3.67. The highest BCUT2D eigenvalue weighted by molar-refractivity contribution is 8.00. The summed E-state index contributed by atoms with van der Waals surface area (Å²) in [6, 6.07) is 16.1. The van der Waals surface area contributed by atoms with Gasteiger partial charge in [-0.25, -0.2) is 9.89 Å². The Morgan fingerprint density at radius 1 is 1.18 bits per heavy atom. The molecule has 0 saturated heterocycles. The van der Waals surface area contributed by atoms with Crippen molar-refractivity contribution in [3.05, 3.63) is 81.3 Å². The Morgan fingerprint density at radius 3 is 2.79 bits per heavy atom. The van der Waals surface area contributed by atoms with Crippen LogP contribution in [0.2, 0.25) is 0 Å². The number of carbonyl (C=O) groups is 1. The van der Waals surface area contributed by atoms with Crippen molar-refractivity contribution in [2.45, 2.75) is 49.6 Å². The van der Waals surface area contributed by atoms with E-state index in [2.05, 4.69) is 16.3 Å². The van der Waals surface area contributed by atoms with Crippen LogP contribution < -0.4 is 5.69 Å². The average Bonchev–Trinajstić information content (AvgIpc) is 3.32. The van der Waals surface area contributed by atoms with Crippen molar-refractivity contribution in [3.63, 3.8) is 0 Å². The summed E-state index contributed by atoms with van der Waals surface area (Å²) < 4.78 is 1.62. The lowest BCUT2D eigenvalue weighted by Crippen LogP contribution is -2.20. The molecule has 1 aromatic heterocycles. The van der Waals surface area contributed by atoms with Gasteiger partial charge in [0.15, 0.2) is 10.9 Å². The fraction of sp³-hybridized carbons (Fsp3) is 0.318. The van der Waals surface area contributed by atoms with Gasteiger partial charge in [-0.15, -0.1) is 5.10 Å². The molecule has 1 aliphatic rings. The van der Waals surface area contributed by atoms with E-state index in [9.17, 15) is 9.59 Å². The number of Topliss-reactive ketones (excluding diaryl/α,β-unsaturated/α-hetero) is 1. The minimum Gasteiger partial charge on any atom is -0.293 e. The number of aryl methyl sites for hydroxylation is 3. The van der Waals surface area contributed by atoms with E-state index in [1.54, 1.807) is 4.57 Å². The summed E-state index contributed by atoms with van der Waals surface area (Å²) in [5, 5.41) is 6.90. The third-order valence-electron chi connectivity index (χ3n) is 5.22. The molecule has 28 heavy (non-hydrogen) atoms. The van der Waals surface area contributed by atoms with Gasteiger partial charge in [0.2, 0.25) is 0 Å². The zero-order valence-electron chi connectivity index (χ0n) is 15.9. The van der Waals surface area contributed by atoms with Crippen LogP contribution in [-0.4, -0.2) is 25.8 Å². The van der Waals surface area contributed by atoms with Crippen molar-refractivity contribution in [2.24, 2.45) is 0 Å². The number of nitrogens with one attached hydrogen (secondary N) is 1. The molecule has 0 spiro atoms. The van der Waals surface area contributed by atoms with Gasteiger partial charge in [-0.2, -0.15) is 0 Å². The lowest BCUT2D eigenvalue weighted by Gasteiger charge is -2.12. The summed E-state index contributed by atoms with van der Waals surface area (Å²) in [5.74, 6) is 0.0739. The molecule has 6 heteroatoms. The van der Waals surface area contributed by atoms with E-state index in [1.807, 2.05) is 49.4 Å². The largest absolute Gasteiger partial charge is 0.343 e. The van der Waals surface area contributed by atoms with Crippen molar-refractivity contribution >= 4 is 17.5 Å². The first-order valence-corrected chi connectivity index (χ1v) is 10.5. The average molecular weight is 394 g/mol. The number of carbonyl (C=O) groups excluding carboxylic acids is 1.